The van der Waals surface area contributed by atoms with Gasteiger partial charge in [0, 0.05) is 17.1 Å². The van der Waals surface area contributed by atoms with Crippen LogP contribution in [0.25, 0.3) is 22.0 Å². The summed E-state index contributed by atoms with van der Waals surface area (Å²) in [7, 11) is 0. The fraction of sp³-hybridized carbons (Fsp3) is 0.0455. The van der Waals surface area contributed by atoms with E-state index in [0.717, 1.165) is 10.9 Å². The van der Waals surface area contributed by atoms with E-state index in [1.165, 1.54) is 18.4 Å². The smallest absolute Gasteiger partial charge is 0.495 e. The summed E-state index contributed by atoms with van der Waals surface area (Å²) < 4.78 is 5.31. The van der Waals surface area contributed by atoms with Gasteiger partial charge in [-0.2, -0.15) is 0 Å². The minimum Gasteiger partial charge on any atom is -0.495 e. The van der Waals surface area contributed by atoms with Gasteiger partial charge in [0.2, 0.25) is 11.9 Å². The molecule has 0 saturated heterocycles. The highest BCUT2D eigenvalue weighted by atomic mass is 35.5. The van der Waals surface area contributed by atoms with Crippen LogP contribution in [0.5, 0.6) is 0 Å². The van der Waals surface area contributed by atoms with Crippen LogP contribution in [0, 0.1) is 0 Å². The van der Waals surface area contributed by atoms with E-state index in [1.54, 1.807) is 12.3 Å². The van der Waals surface area contributed by atoms with Gasteiger partial charge in [-0.3, -0.25) is 4.79 Å². The molecule has 0 bridgehead atoms. The Morgan fingerprint density at radius 1 is 1.16 bits per heavy atom. The van der Waals surface area contributed by atoms with E-state index in [1.807, 2.05) is 18.2 Å². The van der Waals surface area contributed by atoms with Gasteiger partial charge in [0.15, 0.2) is 0 Å². The van der Waals surface area contributed by atoms with E-state index in [0.29, 0.717) is 48.5 Å². The van der Waals surface area contributed by atoms with Crippen molar-refractivity contribution in [1.29, 1.82) is 0 Å². The summed E-state index contributed by atoms with van der Waals surface area (Å²) in [5, 5.41) is 7.79. The van der Waals surface area contributed by atoms with Crippen LogP contribution in [0.15, 0.2) is 66.8 Å². The molecule has 1 aliphatic rings. The Balaban J connectivity index is 0.00000306. The van der Waals surface area contributed by atoms with Crippen molar-refractivity contribution in [2.75, 3.05) is 11.9 Å². The fourth-order valence-electron chi connectivity index (χ4n) is 3.04. The first-order valence-corrected chi connectivity index (χ1v) is 10.7. The number of hydrogen-bond acceptors (Lipinski definition) is 5. The molecule has 2 N–H and O–H groups in total. The van der Waals surface area contributed by atoms with Crippen LogP contribution in [-0.2, 0) is 9.53 Å². The topological polar surface area (TPSA) is 76.1 Å². The average molecular weight is 512 g/mol. The van der Waals surface area contributed by atoms with Gasteiger partial charge in [-0.1, -0.05) is 59.0 Å². The number of halogens is 4. The molecule has 2 aromatic carbocycles. The lowest BCUT2D eigenvalue weighted by Crippen LogP contribution is -2.25. The number of nitrogens with one attached hydrogen (secondary N) is 2. The van der Waals surface area contributed by atoms with Gasteiger partial charge < -0.3 is 15.4 Å². The summed E-state index contributed by atoms with van der Waals surface area (Å²) in [6, 6.07) is 6.98. The van der Waals surface area contributed by atoms with E-state index < -0.39 is 0 Å². The van der Waals surface area contributed by atoms with Crippen LogP contribution < -0.4 is 10.6 Å². The SMILES string of the molecule is C=CC(=O)NC1=C(Nc2ncc3cc(-c4c(Cl)c(Cl)cc(Cl)c4Cl)ccc3n2)COC=C1.[H+].[H+].[H+].[H+]. The Morgan fingerprint density at radius 2 is 1.91 bits per heavy atom. The Bertz CT molecular complexity index is 1310. The summed E-state index contributed by atoms with van der Waals surface area (Å²) in [5.74, 6) is 0.00242. The third kappa shape index (κ3) is 4.54. The predicted octanol–water partition coefficient (Wildman–Crippen LogP) is 6.83. The molecule has 0 radical (unpaired) electrons. The van der Waals surface area contributed by atoms with E-state index in [2.05, 4.69) is 27.2 Å². The molecule has 4 rings (SSSR count). The molecule has 3 aromatic rings. The van der Waals surface area contributed by atoms with Gasteiger partial charge in [-0.15, -0.1) is 0 Å². The van der Waals surface area contributed by atoms with Gasteiger partial charge in [-0.05, 0) is 35.9 Å². The van der Waals surface area contributed by atoms with Gasteiger partial charge in [0.05, 0.1) is 43.3 Å². The van der Waals surface area contributed by atoms with Crippen molar-refractivity contribution in [3.63, 3.8) is 0 Å². The van der Waals surface area contributed by atoms with Gasteiger partial charge in [0.25, 0.3) is 0 Å². The lowest BCUT2D eigenvalue weighted by molar-refractivity contribution is -0.115. The van der Waals surface area contributed by atoms with Crippen molar-refractivity contribution in [3.8, 4) is 11.1 Å². The average Bonchev–Trinajstić information content (AvgIpc) is 2.79. The largest absolute Gasteiger partial charge is 1.00 e. The number of ether oxygens (including phenoxy) is 1. The molecule has 162 valence electrons. The van der Waals surface area contributed by atoms with Crippen LogP contribution in [0.4, 0.5) is 5.95 Å². The highest BCUT2D eigenvalue weighted by molar-refractivity contribution is 6.50. The molecule has 32 heavy (non-hydrogen) atoms. The molecule has 10 heteroatoms. The molecular weight excluding hydrogens is 494 g/mol. The molecule has 0 atom stereocenters. The number of carbonyl (C=O) groups is 1. The summed E-state index contributed by atoms with van der Waals surface area (Å²) in [6.45, 7) is 3.67. The molecule has 2 heterocycles. The quantitative estimate of drug-likeness (QED) is 0.290. The molecule has 0 aliphatic carbocycles. The number of rotatable bonds is 5. The van der Waals surface area contributed by atoms with Crippen molar-refractivity contribution in [2.45, 2.75) is 0 Å². The van der Waals surface area contributed by atoms with E-state index in [9.17, 15) is 4.79 Å². The van der Waals surface area contributed by atoms with Crippen LogP contribution >= 0.6 is 46.4 Å². The number of allylic oxidation sites excluding steroid dienone is 1. The van der Waals surface area contributed by atoms with Crippen LogP contribution in [0.1, 0.15) is 5.71 Å². The summed E-state index contributed by atoms with van der Waals surface area (Å²) >= 11 is 25.1. The van der Waals surface area contributed by atoms with Crippen molar-refractivity contribution < 1.29 is 15.2 Å². The van der Waals surface area contributed by atoms with E-state index in [-0.39, 0.29) is 18.2 Å². The van der Waals surface area contributed by atoms with Crippen LogP contribution in [0.2, 0.25) is 20.1 Å². The number of aromatic nitrogens is 2. The maximum Gasteiger partial charge on any atom is 1.00 e. The molecule has 1 aliphatic heterocycles. The third-order valence-electron chi connectivity index (χ3n) is 4.57. The van der Waals surface area contributed by atoms with Crippen LogP contribution in [-0.4, -0.2) is 22.5 Å². The normalized spacial score (nSPS) is 13.1. The standard InChI is InChI=1S/C22H14Cl4N4O2/c1-2-18(31)28-16-5-6-32-10-17(16)30-22-27-9-12-7-11(3-4-15(12)29-22)19-20(25)13(23)8-14(24)21(19)26/h2-9H,1,10H2,(H,28,31)(H,27,29,30)/p+4. The molecule has 0 unspecified atom stereocenters. The first-order chi connectivity index (χ1) is 15.4. The number of carbonyl (C=O) groups excluding carboxylic acids is 1. The minimum absolute atomic E-state index is 0. The number of hydrogen-bond donors (Lipinski definition) is 2. The summed E-state index contributed by atoms with van der Waals surface area (Å²) in [4.78, 5) is 20.6. The number of nitrogens with zero attached hydrogens (tertiary/aromatic N) is 2. The van der Waals surface area contributed by atoms with Crippen molar-refractivity contribution in [3.05, 3.63) is 86.9 Å². The van der Waals surface area contributed by atoms with Gasteiger partial charge >= 0.3 is 5.71 Å². The predicted molar refractivity (Wildman–Crippen MR) is 134 cm³/mol. The van der Waals surface area contributed by atoms with Crippen molar-refractivity contribution in [2.24, 2.45) is 0 Å². The molecule has 1 aromatic heterocycles. The van der Waals surface area contributed by atoms with Gasteiger partial charge in [-0.25, -0.2) is 9.97 Å². The Morgan fingerprint density at radius 3 is 2.62 bits per heavy atom. The Kier molecular flexibility index (Phi) is 6.58. The molecule has 0 saturated carbocycles. The van der Waals surface area contributed by atoms with E-state index >= 15 is 0 Å². The summed E-state index contributed by atoms with van der Waals surface area (Å²) in [6.07, 6.45) is 5.96. The zero-order valence-corrected chi connectivity index (χ0v) is 19.3. The van der Waals surface area contributed by atoms with Crippen molar-refractivity contribution >= 4 is 69.2 Å². The number of anilines is 1. The lowest BCUT2D eigenvalue weighted by Gasteiger charge is -2.18. The highest BCUT2D eigenvalue weighted by Gasteiger charge is 2.17. The van der Waals surface area contributed by atoms with Gasteiger partial charge in [0.1, 0.15) is 6.61 Å². The van der Waals surface area contributed by atoms with Crippen LogP contribution in [0.3, 0.4) is 0 Å². The minimum atomic E-state index is -0.337. The first-order valence-electron chi connectivity index (χ1n) is 9.19. The molecule has 6 nitrogen and oxygen atoms in total. The zero-order chi connectivity index (χ0) is 22.8. The number of amides is 1. The molecular formula is C22H18Cl4N4O2+4. The monoisotopic (exact) mass is 510 g/mol. The maximum absolute atomic E-state index is 11.7. The molecule has 0 spiro atoms. The first kappa shape index (κ1) is 22.4. The maximum atomic E-state index is 11.7. The lowest BCUT2D eigenvalue weighted by atomic mass is 10.0. The third-order valence-corrected chi connectivity index (χ3v) is 6.14. The Hall–Kier alpha value is -2.77. The van der Waals surface area contributed by atoms with Crippen molar-refractivity contribution in [1.82, 2.24) is 15.3 Å². The Labute approximate surface area is 209 Å². The van der Waals surface area contributed by atoms with E-state index in [4.69, 9.17) is 51.1 Å². The fourth-order valence-corrected chi connectivity index (χ4v) is 4.07. The second-order valence-corrected chi connectivity index (χ2v) is 8.21. The highest BCUT2D eigenvalue weighted by Crippen LogP contribution is 2.43. The molecule has 0 fully saturated rings. The second kappa shape index (κ2) is 9.38. The molecule has 1 amide bonds. The number of benzene rings is 2. The second-order valence-electron chi connectivity index (χ2n) is 6.63. The summed E-state index contributed by atoms with van der Waals surface area (Å²) in [5.41, 5.74) is 3.09. The zero-order valence-electron chi connectivity index (χ0n) is 20.3. The number of fused-ring (bicyclic) bond motifs is 1.